The monoisotopic (exact) mass is 353 g/mol. The molecule has 9 heteroatoms. The minimum atomic E-state index is -1.14. The molecule has 0 saturated heterocycles. The number of hydrogen-bond donors (Lipinski definition) is 1. The number of hydrazine groups is 1. The van der Waals surface area contributed by atoms with Gasteiger partial charge in [-0.15, -0.1) is 5.01 Å². The molecule has 0 heterocycles. The summed E-state index contributed by atoms with van der Waals surface area (Å²) in [5.41, 5.74) is 0.330. The summed E-state index contributed by atoms with van der Waals surface area (Å²) in [6.07, 6.45) is -0.857. The third-order valence-corrected chi connectivity index (χ3v) is 3.25. The number of likely N-dealkylation sites (N-methyl/N-ethyl adjacent to an activating group) is 1. The second-order valence-corrected chi connectivity index (χ2v) is 5.84. The van der Waals surface area contributed by atoms with E-state index in [0.717, 1.165) is 5.01 Å². The van der Waals surface area contributed by atoms with Crippen molar-refractivity contribution in [2.24, 2.45) is 11.2 Å². The predicted octanol–water partition coefficient (Wildman–Crippen LogP) is 2.43. The van der Waals surface area contributed by atoms with E-state index in [4.69, 9.17) is 9.57 Å². The molecule has 25 heavy (non-hydrogen) atoms. The predicted molar refractivity (Wildman–Crippen MR) is 87.1 cm³/mol. The Morgan fingerprint density at radius 2 is 1.88 bits per heavy atom. The zero-order chi connectivity index (χ0) is 19.0. The third kappa shape index (κ3) is 6.66. The normalized spacial score (nSPS) is 13.9. The average Bonchev–Trinajstić information content (AvgIpc) is 2.57. The molecule has 1 rings (SSSR count). The Bertz CT molecular complexity index is 605. The number of nitrogens with zero attached hydrogens (tertiary/aromatic N) is 3. The van der Waals surface area contributed by atoms with Crippen LogP contribution in [0.1, 0.15) is 37.6 Å². The van der Waals surface area contributed by atoms with Crippen molar-refractivity contribution in [3.8, 4) is 0 Å². The molecule has 9 nitrogen and oxygen atoms in total. The van der Waals surface area contributed by atoms with E-state index in [2.05, 4.69) is 5.28 Å². The number of carboxylic acid groups (broad SMARTS) is 1. The molecule has 0 saturated carbocycles. The first kappa shape index (κ1) is 20.2. The quantitative estimate of drug-likeness (QED) is 0.238. The first-order valence-electron chi connectivity index (χ1n) is 7.78. The van der Waals surface area contributed by atoms with E-state index >= 15 is 0 Å². The molecule has 0 bridgehead atoms. The van der Waals surface area contributed by atoms with Crippen molar-refractivity contribution in [1.82, 2.24) is 5.01 Å². The molecule has 0 aromatic heterocycles. The minimum Gasteiger partial charge on any atom is -0.569 e. The van der Waals surface area contributed by atoms with Crippen molar-refractivity contribution in [1.29, 1.82) is 0 Å². The van der Waals surface area contributed by atoms with Crippen LogP contribution >= 0.6 is 0 Å². The average molecular weight is 353 g/mol. The lowest BCUT2D eigenvalue weighted by Gasteiger charge is -2.21. The van der Waals surface area contributed by atoms with Crippen molar-refractivity contribution >= 4 is 11.9 Å². The Hall–Kier alpha value is -2.84. The van der Waals surface area contributed by atoms with Crippen LogP contribution in [0.25, 0.3) is 0 Å². The Morgan fingerprint density at radius 1 is 1.28 bits per heavy atom. The Kier molecular flexibility index (Phi) is 7.64. The van der Waals surface area contributed by atoms with Crippen molar-refractivity contribution in [3.05, 3.63) is 41.1 Å². The molecule has 1 unspecified atom stereocenters. The van der Waals surface area contributed by atoms with Crippen LogP contribution in [0.2, 0.25) is 0 Å². The van der Waals surface area contributed by atoms with Gasteiger partial charge in [0.05, 0.1) is 17.6 Å². The third-order valence-electron chi connectivity index (χ3n) is 3.25. The Labute approximate surface area is 146 Å². The summed E-state index contributed by atoms with van der Waals surface area (Å²) in [7, 11) is 1.29. The second-order valence-electron chi connectivity index (χ2n) is 5.84. The fourth-order valence-electron chi connectivity index (χ4n) is 1.96. The van der Waals surface area contributed by atoms with Gasteiger partial charge in [0.15, 0.2) is 6.04 Å². The van der Waals surface area contributed by atoms with Gasteiger partial charge in [0, 0.05) is 6.92 Å². The van der Waals surface area contributed by atoms with Gasteiger partial charge in [0.25, 0.3) is 6.29 Å². The summed E-state index contributed by atoms with van der Waals surface area (Å²) in [6.45, 7) is 5.08. The lowest BCUT2D eigenvalue weighted by molar-refractivity contribution is -0.712. The van der Waals surface area contributed by atoms with Crippen molar-refractivity contribution in [2.45, 2.75) is 39.5 Å². The van der Waals surface area contributed by atoms with Gasteiger partial charge >= 0.3 is 11.9 Å². The maximum atomic E-state index is 11.9. The summed E-state index contributed by atoms with van der Waals surface area (Å²) >= 11 is 0. The van der Waals surface area contributed by atoms with E-state index in [0.29, 0.717) is 5.56 Å². The van der Waals surface area contributed by atoms with Gasteiger partial charge < -0.3 is 15.1 Å². The van der Waals surface area contributed by atoms with Crippen molar-refractivity contribution in [2.75, 3.05) is 7.05 Å². The van der Waals surface area contributed by atoms with Crippen LogP contribution in [0.4, 0.5) is 0 Å². The van der Waals surface area contributed by atoms with Crippen LogP contribution in [-0.2, 0) is 14.4 Å². The minimum absolute atomic E-state index is 0.0218. The number of rotatable bonds is 9. The highest BCUT2D eigenvalue weighted by atomic mass is 16.8. The molecule has 1 aromatic rings. The van der Waals surface area contributed by atoms with Gasteiger partial charge in [-0.2, -0.15) is 0 Å². The highest BCUT2D eigenvalue weighted by Crippen LogP contribution is 2.11. The molecule has 1 N–H and O–H groups in total. The molecule has 0 fully saturated rings. The number of benzene rings is 1. The van der Waals surface area contributed by atoms with E-state index in [-0.39, 0.29) is 17.3 Å². The summed E-state index contributed by atoms with van der Waals surface area (Å²) in [6, 6.07) is 7.22. The van der Waals surface area contributed by atoms with Crippen LogP contribution < -0.4 is 0 Å². The lowest BCUT2D eigenvalue weighted by atomic mass is 10.0. The maximum Gasteiger partial charge on any atom is 0.341 e. The van der Waals surface area contributed by atoms with E-state index in [1.165, 1.54) is 14.0 Å². The van der Waals surface area contributed by atoms with E-state index in [1.54, 1.807) is 30.3 Å². The fourth-order valence-corrected chi connectivity index (χ4v) is 1.96. The van der Waals surface area contributed by atoms with Crippen molar-refractivity contribution < 1.29 is 29.2 Å². The van der Waals surface area contributed by atoms with Gasteiger partial charge in [0.1, 0.15) is 0 Å². The van der Waals surface area contributed by atoms with E-state index < -0.39 is 24.3 Å². The van der Waals surface area contributed by atoms with Gasteiger partial charge in [-0.05, 0) is 24.5 Å². The molecule has 0 amide bonds. The van der Waals surface area contributed by atoms with Gasteiger partial charge in [-0.1, -0.05) is 32.0 Å². The van der Waals surface area contributed by atoms with Crippen LogP contribution in [-0.4, -0.2) is 46.4 Å². The molecule has 2 atom stereocenters. The molecule has 0 spiro atoms. The molecular formula is C16H23N3O6. The first-order valence-corrected chi connectivity index (χ1v) is 7.78. The molecule has 0 aliphatic carbocycles. The molecule has 138 valence electrons. The van der Waals surface area contributed by atoms with Crippen LogP contribution in [0, 0.1) is 11.1 Å². The molecule has 0 aliphatic heterocycles. The number of aliphatic carboxylic acids is 1. The standard InChI is InChI=1S/C16H23N3O6/c1-11(2)10-14(15(20)21)18(4)19(23)17-25-12(3)24-16(22)13-8-6-5-7-9-13/h5-9,11-12,14H,10H2,1-4H3,(H,20,21)/t12?,14-/m0/s1. The second kappa shape index (κ2) is 9.45. The Balaban J connectivity index is 2.63. The number of esters is 1. The van der Waals surface area contributed by atoms with Gasteiger partial charge in [0.2, 0.25) is 5.28 Å². The summed E-state index contributed by atoms with van der Waals surface area (Å²) < 4.78 is 4.98. The summed E-state index contributed by atoms with van der Waals surface area (Å²) in [5, 5.41) is 25.2. The molecular weight excluding hydrogens is 330 g/mol. The fraction of sp³-hybridized carbons (Fsp3) is 0.500. The summed E-state index contributed by atoms with van der Waals surface area (Å²) in [5.74, 6) is -1.70. The topological polar surface area (TPSA) is 114 Å². The number of carbonyl (C=O) groups excluding carboxylic acids is 1. The van der Waals surface area contributed by atoms with Gasteiger partial charge in [-0.25, -0.2) is 9.59 Å². The van der Waals surface area contributed by atoms with Gasteiger partial charge in [-0.3, -0.25) is 4.84 Å². The number of hydrogen-bond acceptors (Lipinski definition) is 6. The van der Waals surface area contributed by atoms with Crippen LogP contribution in [0.3, 0.4) is 0 Å². The number of ether oxygens (including phenoxy) is 1. The maximum absolute atomic E-state index is 11.9. The lowest BCUT2D eigenvalue weighted by Crippen LogP contribution is -2.43. The zero-order valence-corrected chi connectivity index (χ0v) is 14.7. The van der Waals surface area contributed by atoms with E-state index in [9.17, 15) is 19.9 Å². The van der Waals surface area contributed by atoms with Crippen molar-refractivity contribution in [3.63, 3.8) is 0 Å². The first-order chi connectivity index (χ1) is 11.7. The SMILES string of the molecule is CC(C)C[C@@H](C(=O)O)N(C)[N+]([O-])=NOC(C)OC(=O)c1ccccc1. The number of carboxylic acids is 1. The van der Waals surface area contributed by atoms with Crippen LogP contribution in [0.15, 0.2) is 35.6 Å². The molecule has 0 radical (unpaired) electrons. The highest BCUT2D eigenvalue weighted by molar-refractivity contribution is 5.89. The van der Waals surface area contributed by atoms with E-state index in [1.807, 2.05) is 13.8 Å². The largest absolute Gasteiger partial charge is 0.569 e. The smallest absolute Gasteiger partial charge is 0.341 e. The highest BCUT2D eigenvalue weighted by Gasteiger charge is 2.29. The Morgan fingerprint density at radius 3 is 2.40 bits per heavy atom. The van der Waals surface area contributed by atoms with Crippen LogP contribution in [0.5, 0.6) is 0 Å². The molecule has 1 aromatic carbocycles. The summed E-state index contributed by atoms with van der Waals surface area (Å²) in [4.78, 5) is 27.9. The number of carbonyl (C=O) groups is 2. The molecule has 0 aliphatic rings. The zero-order valence-electron chi connectivity index (χ0n) is 14.7.